The molecule has 1 aromatic heterocycles. The fraction of sp³-hybridized carbons (Fsp3) is 0.391. The van der Waals surface area contributed by atoms with Crippen molar-refractivity contribution in [1.82, 2.24) is 14.4 Å². The topological polar surface area (TPSA) is 76.3 Å². The molecule has 0 N–H and O–H groups in total. The van der Waals surface area contributed by atoms with E-state index in [9.17, 15) is 8.42 Å². The van der Waals surface area contributed by atoms with E-state index in [-0.39, 0.29) is 5.92 Å². The highest BCUT2D eigenvalue weighted by Gasteiger charge is 2.32. The minimum Gasteiger partial charge on any atom is -0.339 e. The first kappa shape index (κ1) is 20.8. The molecule has 1 aliphatic rings. The number of aromatic nitrogens is 2. The van der Waals surface area contributed by atoms with Crippen molar-refractivity contribution < 1.29 is 12.9 Å². The summed E-state index contributed by atoms with van der Waals surface area (Å²) in [6.07, 6.45) is 1.33. The molecule has 4 rings (SSSR count). The number of aryl methyl sites for hydroxylation is 1. The first-order valence-corrected chi connectivity index (χ1v) is 11.8. The van der Waals surface area contributed by atoms with Crippen LogP contribution in [0, 0.1) is 6.92 Å². The van der Waals surface area contributed by atoms with Crippen molar-refractivity contribution in [2.45, 2.75) is 50.3 Å². The summed E-state index contributed by atoms with van der Waals surface area (Å²) in [6.45, 7) is 7.10. The Labute approximate surface area is 178 Å². The normalized spacial score (nSPS) is 16.3. The van der Waals surface area contributed by atoms with Gasteiger partial charge in [-0.2, -0.15) is 9.29 Å². The van der Waals surface area contributed by atoms with E-state index < -0.39 is 10.0 Å². The lowest BCUT2D eigenvalue weighted by molar-refractivity contribution is 0.271. The highest BCUT2D eigenvalue weighted by molar-refractivity contribution is 7.89. The summed E-state index contributed by atoms with van der Waals surface area (Å²) < 4.78 is 33.1. The Hall–Kier alpha value is -2.51. The van der Waals surface area contributed by atoms with Crippen molar-refractivity contribution in [2.75, 3.05) is 13.1 Å². The maximum Gasteiger partial charge on any atom is 0.243 e. The smallest absolute Gasteiger partial charge is 0.243 e. The summed E-state index contributed by atoms with van der Waals surface area (Å²) in [5.74, 6) is 1.61. The van der Waals surface area contributed by atoms with Crippen LogP contribution in [0.2, 0.25) is 0 Å². The van der Waals surface area contributed by atoms with E-state index in [2.05, 4.69) is 24.0 Å². The van der Waals surface area contributed by atoms with Crippen molar-refractivity contribution in [1.29, 1.82) is 0 Å². The van der Waals surface area contributed by atoms with Gasteiger partial charge >= 0.3 is 0 Å². The molecular weight excluding hydrogens is 398 g/mol. The molecule has 6 nitrogen and oxygen atoms in total. The van der Waals surface area contributed by atoms with E-state index >= 15 is 0 Å². The molecule has 2 aromatic carbocycles. The van der Waals surface area contributed by atoms with Crippen molar-refractivity contribution >= 4 is 10.0 Å². The molecule has 2 heterocycles. The van der Waals surface area contributed by atoms with Gasteiger partial charge in [-0.05, 0) is 49.4 Å². The zero-order chi connectivity index (χ0) is 21.3. The van der Waals surface area contributed by atoms with E-state index in [1.807, 2.05) is 43.3 Å². The van der Waals surface area contributed by atoms with Crippen LogP contribution in [0.25, 0.3) is 11.4 Å². The lowest BCUT2D eigenvalue weighted by atomic mass is 9.98. The fourth-order valence-electron chi connectivity index (χ4n) is 3.82. The minimum absolute atomic E-state index is 0.0748. The van der Waals surface area contributed by atoms with Crippen LogP contribution in [0.15, 0.2) is 57.9 Å². The molecule has 158 valence electrons. The first-order chi connectivity index (χ1) is 14.3. The third kappa shape index (κ3) is 4.18. The Balaban J connectivity index is 1.43. The second-order valence-electron chi connectivity index (χ2n) is 8.23. The summed E-state index contributed by atoms with van der Waals surface area (Å²) in [7, 11) is -3.49. The molecule has 0 aliphatic carbocycles. The van der Waals surface area contributed by atoms with Crippen molar-refractivity contribution in [3.63, 3.8) is 0 Å². The van der Waals surface area contributed by atoms with Gasteiger partial charge in [0.2, 0.25) is 21.7 Å². The second kappa shape index (κ2) is 8.32. The van der Waals surface area contributed by atoms with Gasteiger partial charge in [0.25, 0.3) is 0 Å². The molecular formula is C23H27N3O3S. The molecule has 0 radical (unpaired) electrons. The van der Waals surface area contributed by atoms with Gasteiger partial charge in [0.15, 0.2) is 0 Å². The van der Waals surface area contributed by atoms with Gasteiger partial charge < -0.3 is 4.52 Å². The molecule has 7 heteroatoms. The average Bonchev–Trinajstić information content (AvgIpc) is 3.24. The Morgan fingerprint density at radius 2 is 1.77 bits per heavy atom. The molecule has 0 bridgehead atoms. The molecule has 30 heavy (non-hydrogen) atoms. The predicted octanol–water partition coefficient (Wildman–Crippen LogP) is 4.74. The van der Waals surface area contributed by atoms with Crippen molar-refractivity contribution in [3.8, 4) is 11.4 Å². The van der Waals surface area contributed by atoms with Gasteiger partial charge in [0, 0.05) is 24.6 Å². The van der Waals surface area contributed by atoms with E-state index in [1.165, 1.54) is 0 Å². The molecule has 1 fully saturated rings. The van der Waals surface area contributed by atoms with E-state index in [0.717, 1.165) is 16.7 Å². The number of piperidine rings is 1. The first-order valence-electron chi connectivity index (χ1n) is 10.4. The maximum atomic E-state index is 13.0. The van der Waals surface area contributed by atoms with Crippen LogP contribution in [-0.2, 0) is 10.0 Å². The predicted molar refractivity (Wildman–Crippen MR) is 116 cm³/mol. The van der Waals surface area contributed by atoms with Crippen LogP contribution in [0.3, 0.4) is 0 Å². The Morgan fingerprint density at radius 3 is 2.40 bits per heavy atom. The zero-order valence-corrected chi connectivity index (χ0v) is 18.4. The second-order valence-corrected chi connectivity index (χ2v) is 10.2. The molecule has 0 atom stereocenters. The summed E-state index contributed by atoms with van der Waals surface area (Å²) in [5.41, 5.74) is 3.20. The van der Waals surface area contributed by atoms with Gasteiger partial charge in [-0.15, -0.1) is 0 Å². The van der Waals surface area contributed by atoms with Crippen LogP contribution >= 0.6 is 0 Å². The number of rotatable bonds is 5. The van der Waals surface area contributed by atoms with E-state index in [0.29, 0.717) is 48.5 Å². The van der Waals surface area contributed by atoms with Gasteiger partial charge in [0.05, 0.1) is 4.90 Å². The Kier molecular flexibility index (Phi) is 5.75. The summed E-state index contributed by atoms with van der Waals surface area (Å²) >= 11 is 0. The summed E-state index contributed by atoms with van der Waals surface area (Å²) in [4.78, 5) is 4.92. The Morgan fingerprint density at radius 1 is 1.07 bits per heavy atom. The van der Waals surface area contributed by atoms with Crippen LogP contribution < -0.4 is 0 Å². The number of sulfonamides is 1. The molecule has 0 saturated carbocycles. The van der Waals surface area contributed by atoms with Crippen molar-refractivity contribution in [2.24, 2.45) is 0 Å². The monoisotopic (exact) mass is 425 g/mol. The van der Waals surface area contributed by atoms with Gasteiger partial charge in [-0.1, -0.05) is 54.9 Å². The lowest BCUT2D eigenvalue weighted by Gasteiger charge is -2.29. The highest BCUT2D eigenvalue weighted by Crippen LogP contribution is 2.31. The molecule has 0 amide bonds. The molecule has 1 saturated heterocycles. The molecule has 1 aliphatic heterocycles. The number of nitrogens with zero attached hydrogens (tertiary/aromatic N) is 3. The molecule has 0 spiro atoms. The van der Waals surface area contributed by atoms with Crippen LogP contribution in [0.1, 0.15) is 55.5 Å². The van der Waals surface area contributed by atoms with Crippen LogP contribution in [0.4, 0.5) is 0 Å². The zero-order valence-electron chi connectivity index (χ0n) is 17.6. The quantitative estimate of drug-likeness (QED) is 0.590. The minimum atomic E-state index is -3.49. The van der Waals surface area contributed by atoms with Gasteiger partial charge in [-0.3, -0.25) is 0 Å². The van der Waals surface area contributed by atoms with Crippen LogP contribution in [0.5, 0.6) is 0 Å². The number of benzene rings is 2. The maximum absolute atomic E-state index is 13.0. The number of hydrogen-bond acceptors (Lipinski definition) is 5. The van der Waals surface area contributed by atoms with Gasteiger partial charge in [0.1, 0.15) is 0 Å². The van der Waals surface area contributed by atoms with E-state index in [1.54, 1.807) is 16.4 Å². The third-order valence-electron chi connectivity index (χ3n) is 5.71. The van der Waals surface area contributed by atoms with Crippen molar-refractivity contribution in [3.05, 3.63) is 65.5 Å². The summed E-state index contributed by atoms with van der Waals surface area (Å²) in [5, 5.41) is 4.12. The molecule has 0 unspecified atom stereocenters. The summed E-state index contributed by atoms with van der Waals surface area (Å²) in [6, 6.07) is 15.2. The SMILES string of the molecule is Cc1cccc(-c2noc(C3CCN(S(=O)(=O)c4ccc(C(C)C)cc4)CC3)n2)c1. The number of hydrogen-bond donors (Lipinski definition) is 0. The average molecular weight is 426 g/mol. The highest BCUT2D eigenvalue weighted by atomic mass is 32.2. The Bertz CT molecular complexity index is 1110. The van der Waals surface area contributed by atoms with E-state index in [4.69, 9.17) is 4.52 Å². The van der Waals surface area contributed by atoms with Gasteiger partial charge in [-0.25, -0.2) is 8.42 Å². The third-order valence-corrected chi connectivity index (χ3v) is 7.62. The van der Waals surface area contributed by atoms with Crippen LogP contribution in [-0.4, -0.2) is 36.0 Å². The molecule has 3 aromatic rings. The fourth-order valence-corrected chi connectivity index (χ4v) is 5.29. The standard InChI is InChI=1S/C23H27N3O3S/c1-16(2)18-7-9-21(10-8-18)30(27,28)26-13-11-19(12-14-26)23-24-22(25-29-23)20-6-4-5-17(3)15-20/h4-10,15-16,19H,11-14H2,1-3H3. The largest absolute Gasteiger partial charge is 0.339 e. The lowest BCUT2D eigenvalue weighted by Crippen LogP contribution is -2.37.